The van der Waals surface area contributed by atoms with Crippen LogP contribution >= 0.6 is 0 Å². The third-order valence-corrected chi connectivity index (χ3v) is 8.67. The van der Waals surface area contributed by atoms with Crippen molar-refractivity contribution in [2.45, 2.75) is 109 Å². The van der Waals surface area contributed by atoms with Crippen LogP contribution in [0.25, 0.3) is 0 Å². The third-order valence-electron chi connectivity index (χ3n) is 8.67. The van der Waals surface area contributed by atoms with Crippen molar-refractivity contribution < 1.29 is 9.59 Å². The van der Waals surface area contributed by atoms with E-state index in [4.69, 9.17) is 0 Å². The summed E-state index contributed by atoms with van der Waals surface area (Å²) in [6.45, 7) is 18.2. The molecule has 0 atom stereocenters. The lowest BCUT2D eigenvalue weighted by molar-refractivity contribution is 0.0894. The van der Waals surface area contributed by atoms with E-state index in [1.807, 2.05) is 12.1 Å². The molecule has 0 radical (unpaired) electrons. The highest BCUT2D eigenvalue weighted by molar-refractivity contribution is 6.13. The fourth-order valence-electron chi connectivity index (χ4n) is 5.87. The number of fused-ring (bicyclic) bond motifs is 2. The van der Waals surface area contributed by atoms with Crippen molar-refractivity contribution >= 4 is 11.6 Å². The van der Waals surface area contributed by atoms with Crippen LogP contribution in [0.1, 0.15) is 130 Å². The standard InChI is InChI=1S/C31H40O2/c1-28(2)13-15-30(5,6)24-17-20(9-11-22(24)28)26(32)19-27(33)21-10-12-23-25(18-21)31(7,8)16-14-29(23,3)4/h9-12,17-18H,13-16,19H2,1-8H3. The van der Waals surface area contributed by atoms with Crippen molar-refractivity contribution in [3.8, 4) is 0 Å². The van der Waals surface area contributed by atoms with Gasteiger partial charge in [-0.25, -0.2) is 0 Å². The number of carbonyl (C=O) groups excluding carboxylic acids is 2. The first-order valence-corrected chi connectivity index (χ1v) is 12.5. The zero-order chi connectivity index (χ0) is 24.4. The molecule has 0 fully saturated rings. The fraction of sp³-hybridized carbons (Fsp3) is 0.548. The van der Waals surface area contributed by atoms with Crippen molar-refractivity contribution in [3.05, 3.63) is 69.8 Å². The van der Waals surface area contributed by atoms with Gasteiger partial charge < -0.3 is 0 Å². The van der Waals surface area contributed by atoms with E-state index in [-0.39, 0.29) is 39.6 Å². The first-order valence-electron chi connectivity index (χ1n) is 12.5. The first-order chi connectivity index (χ1) is 15.1. The van der Waals surface area contributed by atoms with Crippen LogP contribution in [0.3, 0.4) is 0 Å². The number of Topliss-reactive ketones (excluding diaryl/α,β-unsaturated/α-hetero) is 2. The second-order valence-corrected chi connectivity index (χ2v) is 13.1. The molecule has 0 saturated heterocycles. The molecule has 0 spiro atoms. The van der Waals surface area contributed by atoms with Crippen LogP contribution in [0.4, 0.5) is 0 Å². The summed E-state index contributed by atoms with van der Waals surface area (Å²) >= 11 is 0. The molecule has 176 valence electrons. The van der Waals surface area contributed by atoms with Crippen LogP contribution < -0.4 is 0 Å². The average Bonchev–Trinajstić information content (AvgIpc) is 2.74. The summed E-state index contributed by atoms with van der Waals surface area (Å²) in [5.41, 5.74) is 6.83. The van der Waals surface area contributed by atoms with Gasteiger partial charge in [0.1, 0.15) is 0 Å². The molecule has 2 heteroatoms. The summed E-state index contributed by atoms with van der Waals surface area (Å²) < 4.78 is 0. The molecule has 0 aliphatic heterocycles. The van der Waals surface area contributed by atoms with Crippen molar-refractivity contribution in [1.29, 1.82) is 0 Å². The Morgan fingerprint density at radius 2 is 0.848 bits per heavy atom. The minimum atomic E-state index is -0.0840. The quantitative estimate of drug-likeness (QED) is 0.355. The summed E-state index contributed by atoms with van der Waals surface area (Å²) in [4.78, 5) is 26.4. The fourth-order valence-corrected chi connectivity index (χ4v) is 5.87. The lowest BCUT2D eigenvalue weighted by Gasteiger charge is -2.42. The Morgan fingerprint density at radius 1 is 0.545 bits per heavy atom. The number of ketones is 2. The van der Waals surface area contributed by atoms with E-state index >= 15 is 0 Å². The molecule has 0 heterocycles. The highest BCUT2D eigenvalue weighted by Gasteiger charge is 2.38. The van der Waals surface area contributed by atoms with E-state index in [1.54, 1.807) is 0 Å². The molecule has 33 heavy (non-hydrogen) atoms. The van der Waals surface area contributed by atoms with E-state index in [0.717, 1.165) is 25.7 Å². The van der Waals surface area contributed by atoms with Gasteiger partial charge >= 0.3 is 0 Å². The Labute approximate surface area is 200 Å². The van der Waals surface area contributed by atoms with Gasteiger partial charge in [-0.2, -0.15) is 0 Å². The number of rotatable bonds is 4. The van der Waals surface area contributed by atoms with Crippen molar-refractivity contribution in [3.63, 3.8) is 0 Å². The van der Waals surface area contributed by atoms with Gasteiger partial charge in [0.2, 0.25) is 0 Å². The monoisotopic (exact) mass is 444 g/mol. The van der Waals surface area contributed by atoms with Gasteiger partial charge in [-0.15, -0.1) is 0 Å². The van der Waals surface area contributed by atoms with Crippen LogP contribution in [0, 0.1) is 0 Å². The third kappa shape index (κ3) is 4.22. The molecular formula is C31H40O2. The molecule has 2 aromatic rings. The molecular weight excluding hydrogens is 404 g/mol. The summed E-state index contributed by atoms with van der Waals surface area (Å²) in [5, 5.41) is 0. The molecule has 0 N–H and O–H groups in total. The Hall–Kier alpha value is -2.22. The summed E-state index contributed by atoms with van der Waals surface area (Å²) in [5.74, 6) is -0.168. The van der Waals surface area contributed by atoms with Gasteiger partial charge in [-0.1, -0.05) is 79.7 Å². The van der Waals surface area contributed by atoms with Gasteiger partial charge in [-0.05, 0) is 81.7 Å². The summed E-state index contributed by atoms with van der Waals surface area (Å²) in [7, 11) is 0. The SMILES string of the molecule is CC1(C)CCC(C)(C)c2cc(C(=O)CC(=O)c3ccc4c(c3)C(C)(C)CCC4(C)C)ccc21. The van der Waals surface area contributed by atoms with Crippen molar-refractivity contribution in [2.24, 2.45) is 0 Å². The topological polar surface area (TPSA) is 34.1 Å². The molecule has 0 saturated carbocycles. The van der Waals surface area contributed by atoms with Crippen LogP contribution in [0.2, 0.25) is 0 Å². The van der Waals surface area contributed by atoms with E-state index in [2.05, 4.69) is 79.7 Å². The second kappa shape index (κ2) is 7.65. The van der Waals surface area contributed by atoms with E-state index in [1.165, 1.54) is 22.3 Å². The smallest absolute Gasteiger partial charge is 0.170 e. The Kier molecular flexibility index (Phi) is 5.55. The van der Waals surface area contributed by atoms with Crippen LogP contribution in [0.5, 0.6) is 0 Å². The molecule has 2 aromatic carbocycles. The lowest BCUT2D eigenvalue weighted by atomic mass is 9.62. The molecule has 2 nitrogen and oxygen atoms in total. The zero-order valence-corrected chi connectivity index (χ0v) is 21.8. The maximum absolute atomic E-state index is 13.2. The number of hydrogen-bond donors (Lipinski definition) is 0. The van der Waals surface area contributed by atoms with Crippen LogP contribution in [-0.2, 0) is 21.7 Å². The molecule has 4 rings (SSSR count). The largest absolute Gasteiger partial charge is 0.294 e. The lowest BCUT2D eigenvalue weighted by Crippen LogP contribution is -2.34. The zero-order valence-electron chi connectivity index (χ0n) is 21.8. The van der Waals surface area contributed by atoms with Crippen LogP contribution in [-0.4, -0.2) is 11.6 Å². The van der Waals surface area contributed by atoms with Crippen molar-refractivity contribution in [2.75, 3.05) is 0 Å². The molecule has 0 amide bonds. The van der Waals surface area contributed by atoms with Gasteiger partial charge in [0, 0.05) is 11.1 Å². The Bertz CT molecular complexity index is 1040. The van der Waals surface area contributed by atoms with E-state index < -0.39 is 0 Å². The summed E-state index contributed by atoms with van der Waals surface area (Å²) in [6, 6.07) is 12.2. The van der Waals surface area contributed by atoms with Gasteiger partial charge in [0.15, 0.2) is 11.6 Å². The minimum Gasteiger partial charge on any atom is -0.294 e. The molecule has 0 unspecified atom stereocenters. The van der Waals surface area contributed by atoms with E-state index in [9.17, 15) is 9.59 Å². The molecule has 2 aliphatic rings. The Morgan fingerprint density at radius 3 is 1.18 bits per heavy atom. The maximum atomic E-state index is 13.2. The predicted molar refractivity (Wildman–Crippen MR) is 137 cm³/mol. The predicted octanol–water partition coefficient (Wildman–Crippen LogP) is 7.84. The number of carbonyl (C=O) groups is 2. The van der Waals surface area contributed by atoms with Gasteiger partial charge in [0.05, 0.1) is 6.42 Å². The van der Waals surface area contributed by atoms with Crippen molar-refractivity contribution in [1.82, 2.24) is 0 Å². The summed E-state index contributed by atoms with van der Waals surface area (Å²) in [6.07, 6.45) is 4.41. The molecule has 0 aromatic heterocycles. The molecule has 2 aliphatic carbocycles. The highest BCUT2D eigenvalue weighted by Crippen LogP contribution is 2.47. The first kappa shape index (κ1) is 23.9. The normalized spacial score (nSPS) is 21.6. The average molecular weight is 445 g/mol. The highest BCUT2D eigenvalue weighted by atomic mass is 16.1. The number of benzene rings is 2. The number of hydrogen-bond acceptors (Lipinski definition) is 2. The van der Waals surface area contributed by atoms with Gasteiger partial charge in [-0.3, -0.25) is 9.59 Å². The minimum absolute atomic E-state index is 0.0437. The Balaban J connectivity index is 1.61. The van der Waals surface area contributed by atoms with E-state index in [0.29, 0.717) is 11.1 Å². The van der Waals surface area contributed by atoms with Crippen LogP contribution in [0.15, 0.2) is 36.4 Å². The molecule has 0 bridgehead atoms. The second-order valence-electron chi connectivity index (χ2n) is 13.1. The maximum Gasteiger partial charge on any atom is 0.170 e. The van der Waals surface area contributed by atoms with Gasteiger partial charge in [0.25, 0.3) is 0 Å².